The Morgan fingerprint density at radius 3 is 2.33 bits per heavy atom. The van der Waals surface area contributed by atoms with E-state index >= 15 is 0 Å². The molecule has 0 bridgehead atoms. The van der Waals surface area contributed by atoms with Gasteiger partial charge in [-0.15, -0.1) is 16.8 Å². The van der Waals surface area contributed by atoms with E-state index in [1.165, 1.54) is 23.5 Å². The summed E-state index contributed by atoms with van der Waals surface area (Å²) < 4.78 is 12.4. The van der Waals surface area contributed by atoms with Crippen LogP contribution in [-0.4, -0.2) is 50.6 Å². The molecule has 0 aliphatic rings. The highest BCUT2D eigenvalue weighted by Crippen LogP contribution is 2.27. The Morgan fingerprint density at radius 1 is 1.06 bits per heavy atom. The monoisotopic (exact) mass is 486 g/mol. The Morgan fingerprint density at radius 2 is 1.73 bits per heavy atom. The first kappa shape index (κ1) is 24.6. The third-order valence-corrected chi connectivity index (χ3v) is 6.17. The predicted octanol–water partition coefficient (Wildman–Crippen LogP) is 3.91. The van der Waals surface area contributed by atoms with Gasteiger partial charge in [-0.2, -0.15) is 0 Å². The van der Waals surface area contributed by atoms with Gasteiger partial charge in [0.1, 0.15) is 17.3 Å². The molecule has 1 amide bonds. The van der Waals surface area contributed by atoms with Gasteiger partial charge in [0.15, 0.2) is 10.3 Å². The molecule has 0 aliphatic carbocycles. The highest BCUT2D eigenvalue weighted by atomic mass is 32.2. The molecule has 1 N–H and O–H groups in total. The number of rotatable bonds is 11. The summed E-state index contributed by atoms with van der Waals surface area (Å²) in [5, 5.41) is 12.8. The second-order valence-corrected chi connectivity index (χ2v) is 8.84. The van der Waals surface area contributed by atoms with Gasteiger partial charge in [0.25, 0.3) is 0 Å². The number of nitrogens with one attached hydrogen (secondary N) is 1. The SMILES string of the molecule is C=CCn1c(CSc2nc(C)cc(C)n2)nnc1SCC(=O)Nc1cc(OC)cc(OC)c1. The van der Waals surface area contributed by atoms with Gasteiger partial charge in [-0.05, 0) is 19.9 Å². The van der Waals surface area contributed by atoms with Gasteiger partial charge in [-0.25, -0.2) is 9.97 Å². The molecular formula is C22H26N6O3S2. The van der Waals surface area contributed by atoms with Crippen LogP contribution in [0.3, 0.4) is 0 Å². The van der Waals surface area contributed by atoms with Gasteiger partial charge in [0.2, 0.25) is 5.91 Å². The van der Waals surface area contributed by atoms with Crippen molar-refractivity contribution in [3.8, 4) is 11.5 Å². The first-order valence-electron chi connectivity index (χ1n) is 10.1. The van der Waals surface area contributed by atoms with Crippen LogP contribution in [0.5, 0.6) is 11.5 Å². The standard InChI is InChI=1S/C22H26N6O3S2/c1-6-7-28-19(12-32-21-23-14(2)8-15(3)24-21)26-27-22(28)33-13-20(29)25-16-9-17(30-4)11-18(10-16)31-5/h6,8-11H,1,7,12-13H2,2-5H3,(H,25,29). The highest BCUT2D eigenvalue weighted by Gasteiger charge is 2.15. The summed E-state index contributed by atoms with van der Waals surface area (Å²) in [7, 11) is 3.12. The molecule has 174 valence electrons. The topological polar surface area (TPSA) is 104 Å². The molecule has 0 saturated carbocycles. The van der Waals surface area contributed by atoms with Crippen molar-refractivity contribution in [2.24, 2.45) is 0 Å². The van der Waals surface area contributed by atoms with Crippen molar-refractivity contribution in [1.82, 2.24) is 24.7 Å². The molecule has 0 atom stereocenters. The first-order chi connectivity index (χ1) is 15.9. The van der Waals surface area contributed by atoms with E-state index in [0.29, 0.717) is 39.8 Å². The number of carbonyl (C=O) groups excluding carboxylic acids is 1. The summed E-state index contributed by atoms with van der Waals surface area (Å²) in [6.07, 6.45) is 1.78. The first-order valence-corrected chi connectivity index (χ1v) is 12.0. The minimum atomic E-state index is -0.178. The Hall–Kier alpha value is -3.05. The molecule has 0 fully saturated rings. The second kappa shape index (κ2) is 11.7. The largest absolute Gasteiger partial charge is 0.497 e. The van der Waals surface area contributed by atoms with Crippen LogP contribution < -0.4 is 14.8 Å². The number of aromatic nitrogens is 5. The molecular weight excluding hydrogens is 460 g/mol. The summed E-state index contributed by atoms with van der Waals surface area (Å²) in [6.45, 7) is 8.25. The average molecular weight is 487 g/mol. The van der Waals surface area contributed by atoms with E-state index in [-0.39, 0.29) is 11.7 Å². The molecule has 3 rings (SSSR count). The molecule has 2 aromatic heterocycles. The molecule has 1 aromatic carbocycles. The zero-order chi connectivity index (χ0) is 23.8. The molecule has 3 aromatic rings. The lowest BCUT2D eigenvalue weighted by Gasteiger charge is -2.10. The van der Waals surface area contributed by atoms with Gasteiger partial charge in [0, 0.05) is 41.8 Å². The average Bonchev–Trinajstić information content (AvgIpc) is 3.17. The zero-order valence-corrected chi connectivity index (χ0v) is 20.6. The number of carbonyl (C=O) groups is 1. The molecule has 33 heavy (non-hydrogen) atoms. The number of anilines is 1. The number of nitrogens with zero attached hydrogens (tertiary/aromatic N) is 5. The summed E-state index contributed by atoms with van der Waals surface area (Å²) in [4.78, 5) is 21.4. The number of aryl methyl sites for hydroxylation is 2. The maximum Gasteiger partial charge on any atom is 0.234 e. The summed E-state index contributed by atoms with van der Waals surface area (Å²) in [5.74, 6) is 2.50. The van der Waals surface area contributed by atoms with Crippen molar-refractivity contribution in [3.63, 3.8) is 0 Å². The van der Waals surface area contributed by atoms with E-state index in [1.807, 2.05) is 24.5 Å². The second-order valence-electron chi connectivity index (χ2n) is 6.96. The number of hydrogen-bond donors (Lipinski definition) is 1. The fourth-order valence-electron chi connectivity index (χ4n) is 2.94. The third kappa shape index (κ3) is 6.96. The van der Waals surface area contributed by atoms with E-state index in [2.05, 4.69) is 32.1 Å². The molecule has 2 heterocycles. The fraction of sp³-hybridized carbons (Fsp3) is 0.318. The quantitative estimate of drug-likeness (QED) is 0.245. The van der Waals surface area contributed by atoms with Crippen molar-refractivity contribution >= 4 is 35.1 Å². The van der Waals surface area contributed by atoms with Crippen molar-refractivity contribution in [3.05, 3.63) is 54.1 Å². The third-order valence-electron chi connectivity index (χ3n) is 4.36. The van der Waals surface area contributed by atoms with Crippen LogP contribution in [0.15, 0.2) is 47.2 Å². The van der Waals surface area contributed by atoms with Crippen LogP contribution in [0.2, 0.25) is 0 Å². The van der Waals surface area contributed by atoms with Gasteiger partial charge in [0.05, 0.1) is 25.7 Å². The Balaban J connectivity index is 1.64. The summed E-state index contributed by atoms with van der Waals surface area (Å²) in [5.41, 5.74) is 2.44. The van der Waals surface area contributed by atoms with Crippen molar-refractivity contribution < 1.29 is 14.3 Å². The molecule has 0 spiro atoms. The smallest absolute Gasteiger partial charge is 0.234 e. The predicted molar refractivity (Wildman–Crippen MR) is 130 cm³/mol. The molecule has 0 radical (unpaired) electrons. The molecule has 0 aliphatic heterocycles. The van der Waals surface area contributed by atoms with Crippen LogP contribution in [0, 0.1) is 13.8 Å². The fourth-order valence-corrected chi connectivity index (χ4v) is 4.59. The lowest BCUT2D eigenvalue weighted by atomic mass is 10.2. The number of methoxy groups -OCH3 is 2. The Labute approximate surface area is 201 Å². The highest BCUT2D eigenvalue weighted by molar-refractivity contribution is 7.99. The number of thioether (sulfide) groups is 2. The van der Waals surface area contributed by atoms with Crippen molar-refractivity contribution in [2.75, 3.05) is 25.3 Å². The maximum atomic E-state index is 12.5. The lowest BCUT2D eigenvalue weighted by molar-refractivity contribution is -0.113. The minimum Gasteiger partial charge on any atom is -0.497 e. The van der Waals surface area contributed by atoms with Crippen LogP contribution in [0.1, 0.15) is 17.2 Å². The molecule has 0 saturated heterocycles. The number of allylic oxidation sites excluding steroid dienone is 1. The lowest BCUT2D eigenvalue weighted by Crippen LogP contribution is -2.15. The van der Waals surface area contributed by atoms with E-state index in [4.69, 9.17) is 9.47 Å². The normalized spacial score (nSPS) is 10.7. The van der Waals surface area contributed by atoms with Gasteiger partial charge in [-0.3, -0.25) is 4.79 Å². The van der Waals surface area contributed by atoms with E-state index in [9.17, 15) is 4.79 Å². The van der Waals surface area contributed by atoms with Crippen LogP contribution >= 0.6 is 23.5 Å². The summed E-state index contributed by atoms with van der Waals surface area (Å²) in [6, 6.07) is 7.14. The van der Waals surface area contributed by atoms with E-state index in [0.717, 1.165) is 17.2 Å². The van der Waals surface area contributed by atoms with Gasteiger partial charge < -0.3 is 19.4 Å². The zero-order valence-electron chi connectivity index (χ0n) is 19.0. The molecule has 11 heteroatoms. The van der Waals surface area contributed by atoms with E-state index in [1.54, 1.807) is 38.5 Å². The number of ether oxygens (including phenoxy) is 2. The number of amides is 1. The van der Waals surface area contributed by atoms with Crippen LogP contribution in [0.4, 0.5) is 5.69 Å². The maximum absolute atomic E-state index is 12.5. The molecule has 0 unspecified atom stereocenters. The van der Waals surface area contributed by atoms with Crippen LogP contribution in [-0.2, 0) is 17.1 Å². The minimum absolute atomic E-state index is 0.169. The van der Waals surface area contributed by atoms with Gasteiger partial charge >= 0.3 is 0 Å². The van der Waals surface area contributed by atoms with Crippen molar-refractivity contribution in [2.45, 2.75) is 36.5 Å². The Bertz CT molecular complexity index is 1090. The Kier molecular flexibility index (Phi) is 8.72. The number of benzene rings is 1. The van der Waals surface area contributed by atoms with Crippen LogP contribution in [0.25, 0.3) is 0 Å². The molecule has 9 nitrogen and oxygen atoms in total. The van der Waals surface area contributed by atoms with Crippen molar-refractivity contribution in [1.29, 1.82) is 0 Å². The number of hydrogen-bond acceptors (Lipinski definition) is 9. The van der Waals surface area contributed by atoms with E-state index < -0.39 is 0 Å². The summed E-state index contributed by atoms with van der Waals surface area (Å²) >= 11 is 2.80. The van der Waals surface area contributed by atoms with Gasteiger partial charge in [-0.1, -0.05) is 29.6 Å².